The maximum Gasteiger partial charge on any atom is 0.193 e. The number of guanidine groups is 1. The van der Waals surface area contributed by atoms with E-state index in [1.807, 2.05) is 17.9 Å². The molecule has 7 heteroatoms. The molecular weight excluding hydrogens is 429 g/mol. The highest BCUT2D eigenvalue weighted by Gasteiger charge is 2.27. The van der Waals surface area contributed by atoms with Crippen LogP contribution in [0.3, 0.4) is 0 Å². The van der Waals surface area contributed by atoms with Gasteiger partial charge in [-0.1, -0.05) is 13.3 Å². The highest BCUT2D eigenvalue weighted by molar-refractivity contribution is 14.0. The molecule has 0 radical (unpaired) electrons. The number of aliphatic hydroxyl groups excluding tert-OH is 1. The number of hydrogen-bond acceptors (Lipinski definition) is 3. The third kappa shape index (κ3) is 6.77. The maximum atomic E-state index is 9.22. The van der Waals surface area contributed by atoms with Crippen LogP contribution in [0.4, 0.5) is 0 Å². The van der Waals surface area contributed by atoms with Crippen molar-refractivity contribution in [3.8, 4) is 0 Å². The minimum atomic E-state index is 0. The fourth-order valence-electron chi connectivity index (χ4n) is 3.43. The van der Waals surface area contributed by atoms with E-state index in [9.17, 15) is 5.11 Å². The molecule has 1 aromatic rings. The van der Waals surface area contributed by atoms with Crippen LogP contribution in [-0.4, -0.2) is 58.5 Å². The van der Waals surface area contributed by atoms with Gasteiger partial charge in [-0.05, 0) is 37.7 Å². The zero-order valence-corrected chi connectivity index (χ0v) is 18.1. The summed E-state index contributed by atoms with van der Waals surface area (Å²) in [6.07, 6.45) is 8.36. The number of nitrogens with zero attached hydrogens (tertiary/aromatic N) is 4. The van der Waals surface area contributed by atoms with Gasteiger partial charge in [-0.15, -0.1) is 24.0 Å². The molecule has 2 unspecified atom stereocenters. The van der Waals surface area contributed by atoms with Gasteiger partial charge in [-0.2, -0.15) is 5.10 Å². The number of halogens is 1. The van der Waals surface area contributed by atoms with Gasteiger partial charge in [0.15, 0.2) is 5.96 Å². The molecule has 0 aromatic carbocycles. The molecule has 25 heavy (non-hydrogen) atoms. The van der Waals surface area contributed by atoms with Crippen molar-refractivity contribution in [2.45, 2.75) is 45.4 Å². The molecule has 0 amide bonds. The lowest BCUT2D eigenvalue weighted by molar-refractivity contribution is 0.253. The Bertz CT molecular complexity index is 513. The van der Waals surface area contributed by atoms with Gasteiger partial charge < -0.3 is 15.3 Å². The van der Waals surface area contributed by atoms with Gasteiger partial charge in [-0.25, -0.2) is 0 Å². The van der Waals surface area contributed by atoms with Gasteiger partial charge in [0.25, 0.3) is 0 Å². The van der Waals surface area contributed by atoms with Crippen LogP contribution in [0.5, 0.6) is 0 Å². The molecule has 1 aliphatic heterocycles. The van der Waals surface area contributed by atoms with Gasteiger partial charge in [-0.3, -0.25) is 9.67 Å². The fraction of sp³-hybridized carbons (Fsp3) is 0.778. The second-order valence-corrected chi connectivity index (χ2v) is 6.74. The SMILES string of the molecule is CCCC(CCO)CN=C(NCC)N1CCC(c2cnn(C)c2)C1.I. The van der Waals surface area contributed by atoms with Crippen LogP contribution < -0.4 is 5.32 Å². The first kappa shape index (κ1) is 22.2. The van der Waals surface area contributed by atoms with Crippen LogP contribution in [-0.2, 0) is 7.05 Å². The fourth-order valence-corrected chi connectivity index (χ4v) is 3.43. The van der Waals surface area contributed by atoms with Crippen molar-refractivity contribution >= 4 is 29.9 Å². The van der Waals surface area contributed by atoms with Crippen molar-refractivity contribution in [2.24, 2.45) is 18.0 Å². The lowest BCUT2D eigenvalue weighted by atomic mass is 10.0. The predicted octanol–water partition coefficient (Wildman–Crippen LogP) is 2.59. The first-order chi connectivity index (χ1) is 11.7. The molecule has 2 N–H and O–H groups in total. The molecule has 1 fully saturated rings. The molecule has 2 atom stereocenters. The second kappa shape index (κ2) is 11.7. The Morgan fingerprint density at radius 2 is 2.24 bits per heavy atom. The minimum absolute atomic E-state index is 0. The molecule has 1 aromatic heterocycles. The summed E-state index contributed by atoms with van der Waals surface area (Å²) in [5.41, 5.74) is 1.32. The summed E-state index contributed by atoms with van der Waals surface area (Å²) in [4.78, 5) is 7.23. The number of aryl methyl sites for hydroxylation is 1. The average Bonchev–Trinajstić information content (AvgIpc) is 3.20. The molecule has 0 saturated carbocycles. The zero-order valence-electron chi connectivity index (χ0n) is 15.8. The van der Waals surface area contributed by atoms with Gasteiger partial charge >= 0.3 is 0 Å². The number of aliphatic imine (C=N–C) groups is 1. The van der Waals surface area contributed by atoms with Crippen molar-refractivity contribution in [3.63, 3.8) is 0 Å². The maximum absolute atomic E-state index is 9.22. The summed E-state index contributed by atoms with van der Waals surface area (Å²) in [5.74, 6) is 2.03. The Morgan fingerprint density at radius 3 is 2.84 bits per heavy atom. The van der Waals surface area contributed by atoms with Gasteiger partial charge in [0, 0.05) is 51.9 Å². The summed E-state index contributed by atoms with van der Waals surface area (Å²) in [5, 5.41) is 17.0. The number of nitrogens with one attached hydrogen (secondary N) is 1. The summed E-state index contributed by atoms with van der Waals surface area (Å²) < 4.78 is 1.88. The van der Waals surface area contributed by atoms with Gasteiger partial charge in [0.2, 0.25) is 0 Å². The van der Waals surface area contributed by atoms with E-state index in [0.29, 0.717) is 11.8 Å². The Labute approximate surface area is 169 Å². The molecule has 0 bridgehead atoms. The molecule has 2 heterocycles. The molecule has 0 aliphatic carbocycles. The minimum Gasteiger partial charge on any atom is -0.396 e. The summed E-state index contributed by atoms with van der Waals surface area (Å²) in [6.45, 7) is 8.26. The molecule has 0 spiro atoms. The zero-order chi connectivity index (χ0) is 17.4. The quantitative estimate of drug-likeness (QED) is 0.354. The van der Waals surface area contributed by atoms with Gasteiger partial charge in [0.05, 0.1) is 6.20 Å². The Balaban J connectivity index is 0.00000312. The first-order valence-electron chi connectivity index (χ1n) is 9.30. The average molecular weight is 463 g/mol. The highest BCUT2D eigenvalue weighted by atomic mass is 127. The first-order valence-corrected chi connectivity index (χ1v) is 9.30. The van der Waals surface area contributed by atoms with Crippen LogP contribution in [0.15, 0.2) is 17.4 Å². The molecule has 1 saturated heterocycles. The third-order valence-electron chi connectivity index (χ3n) is 4.75. The van der Waals surface area contributed by atoms with Crippen molar-refractivity contribution in [2.75, 3.05) is 32.8 Å². The van der Waals surface area contributed by atoms with E-state index in [1.165, 1.54) is 5.56 Å². The molecule has 6 nitrogen and oxygen atoms in total. The van der Waals surface area contributed by atoms with Crippen LogP contribution in [0, 0.1) is 5.92 Å². The summed E-state index contributed by atoms with van der Waals surface area (Å²) >= 11 is 0. The van der Waals surface area contributed by atoms with E-state index >= 15 is 0 Å². The predicted molar refractivity (Wildman–Crippen MR) is 114 cm³/mol. The monoisotopic (exact) mass is 463 g/mol. The number of aliphatic hydroxyl groups is 1. The largest absolute Gasteiger partial charge is 0.396 e. The summed E-state index contributed by atoms with van der Waals surface area (Å²) in [6, 6.07) is 0. The van der Waals surface area contributed by atoms with E-state index in [4.69, 9.17) is 4.99 Å². The van der Waals surface area contributed by atoms with E-state index in [2.05, 4.69) is 35.4 Å². The molecule has 2 rings (SSSR count). The molecule has 1 aliphatic rings. The topological polar surface area (TPSA) is 65.7 Å². The number of aromatic nitrogens is 2. The van der Waals surface area contributed by atoms with Crippen molar-refractivity contribution in [1.29, 1.82) is 0 Å². The van der Waals surface area contributed by atoms with Crippen LogP contribution >= 0.6 is 24.0 Å². The van der Waals surface area contributed by atoms with E-state index in [0.717, 1.165) is 57.8 Å². The lowest BCUT2D eigenvalue weighted by Crippen LogP contribution is -2.40. The normalized spacial score (nSPS) is 19.0. The Morgan fingerprint density at radius 1 is 1.44 bits per heavy atom. The smallest absolute Gasteiger partial charge is 0.193 e. The van der Waals surface area contributed by atoms with E-state index < -0.39 is 0 Å². The number of hydrogen-bond donors (Lipinski definition) is 2. The lowest BCUT2D eigenvalue weighted by Gasteiger charge is -2.22. The Hall–Kier alpha value is -0.830. The third-order valence-corrected chi connectivity index (χ3v) is 4.75. The van der Waals surface area contributed by atoms with Crippen molar-refractivity contribution < 1.29 is 5.11 Å². The van der Waals surface area contributed by atoms with Crippen LogP contribution in [0.2, 0.25) is 0 Å². The highest BCUT2D eigenvalue weighted by Crippen LogP contribution is 2.26. The standard InChI is InChI=1S/C18H33N5O.HI/c1-4-6-15(8-10-24)11-20-18(19-5-2)23-9-7-16(14-23)17-12-21-22(3)13-17;/h12-13,15-16,24H,4-11,14H2,1-3H3,(H,19,20);1H. The van der Waals surface area contributed by atoms with Crippen LogP contribution in [0.1, 0.15) is 51.0 Å². The van der Waals surface area contributed by atoms with E-state index in [-0.39, 0.29) is 30.6 Å². The second-order valence-electron chi connectivity index (χ2n) is 6.74. The van der Waals surface area contributed by atoms with Crippen LogP contribution in [0.25, 0.3) is 0 Å². The van der Waals surface area contributed by atoms with Crippen molar-refractivity contribution in [3.05, 3.63) is 18.0 Å². The van der Waals surface area contributed by atoms with Crippen molar-refractivity contribution in [1.82, 2.24) is 20.0 Å². The number of likely N-dealkylation sites (tertiary alicyclic amines) is 1. The Kier molecular flexibility index (Phi) is 10.4. The number of rotatable bonds is 8. The summed E-state index contributed by atoms with van der Waals surface area (Å²) in [7, 11) is 1.97. The molecular formula is C18H34IN5O. The molecule has 144 valence electrons. The van der Waals surface area contributed by atoms with Gasteiger partial charge in [0.1, 0.15) is 0 Å². The van der Waals surface area contributed by atoms with E-state index in [1.54, 1.807) is 0 Å².